The molecule has 0 saturated heterocycles. The number of para-hydroxylation sites is 1. The Hall–Kier alpha value is -1.85. The van der Waals surface area contributed by atoms with Crippen molar-refractivity contribution in [1.82, 2.24) is 0 Å². The summed E-state index contributed by atoms with van der Waals surface area (Å²) in [5.41, 5.74) is 1.27. The van der Waals surface area contributed by atoms with E-state index < -0.39 is 5.97 Å². The van der Waals surface area contributed by atoms with Gasteiger partial charge in [0, 0.05) is 10.4 Å². The van der Waals surface area contributed by atoms with Crippen molar-refractivity contribution in [1.29, 1.82) is 0 Å². The maximum absolute atomic E-state index is 11.1. The molecule has 0 aromatic heterocycles. The first kappa shape index (κ1) is 17.5. The summed E-state index contributed by atoms with van der Waals surface area (Å²) in [5.74, 6) is -0.449. The lowest BCUT2D eigenvalue weighted by atomic mass is 10.2. The SMILES string of the molecule is CC(COCc1ccccc1Br)COc1ccccc1C(=O)O. The number of aromatic carboxylic acids is 1. The van der Waals surface area contributed by atoms with Gasteiger partial charge in [-0.1, -0.05) is 53.2 Å². The van der Waals surface area contributed by atoms with Crippen LogP contribution in [0.3, 0.4) is 0 Å². The molecule has 0 spiro atoms. The number of benzene rings is 2. The molecule has 0 saturated carbocycles. The second-order valence-electron chi connectivity index (χ2n) is 5.32. The van der Waals surface area contributed by atoms with E-state index >= 15 is 0 Å². The standard InChI is InChI=1S/C18H19BrO4/c1-13(10-22-12-14-6-2-4-8-16(14)19)11-23-17-9-5-3-7-15(17)18(20)21/h2-9,13H,10-12H2,1H3,(H,20,21). The van der Waals surface area contributed by atoms with E-state index in [9.17, 15) is 4.79 Å². The van der Waals surface area contributed by atoms with Gasteiger partial charge in [0.1, 0.15) is 11.3 Å². The Labute approximate surface area is 144 Å². The van der Waals surface area contributed by atoms with Crippen molar-refractivity contribution >= 4 is 21.9 Å². The number of carboxylic acid groups (broad SMARTS) is 1. The molecule has 0 radical (unpaired) electrons. The van der Waals surface area contributed by atoms with Crippen molar-refractivity contribution in [3.63, 3.8) is 0 Å². The molecule has 4 nitrogen and oxygen atoms in total. The fourth-order valence-electron chi connectivity index (χ4n) is 2.03. The lowest BCUT2D eigenvalue weighted by Gasteiger charge is -2.15. The fraction of sp³-hybridized carbons (Fsp3) is 0.278. The van der Waals surface area contributed by atoms with E-state index in [1.54, 1.807) is 18.2 Å². The van der Waals surface area contributed by atoms with E-state index in [1.807, 2.05) is 31.2 Å². The van der Waals surface area contributed by atoms with Crippen molar-refractivity contribution < 1.29 is 19.4 Å². The van der Waals surface area contributed by atoms with Crippen molar-refractivity contribution in [2.24, 2.45) is 5.92 Å². The highest BCUT2D eigenvalue weighted by Crippen LogP contribution is 2.19. The van der Waals surface area contributed by atoms with Crippen LogP contribution in [0, 0.1) is 5.92 Å². The van der Waals surface area contributed by atoms with Crippen LogP contribution in [0.1, 0.15) is 22.8 Å². The van der Waals surface area contributed by atoms with E-state index in [0.29, 0.717) is 25.6 Å². The number of hydrogen-bond donors (Lipinski definition) is 1. The molecule has 1 unspecified atom stereocenters. The molecule has 122 valence electrons. The summed E-state index contributed by atoms with van der Waals surface area (Å²) in [5, 5.41) is 9.12. The Morgan fingerprint density at radius 3 is 2.57 bits per heavy atom. The molecule has 0 bridgehead atoms. The largest absolute Gasteiger partial charge is 0.492 e. The molecule has 1 atom stereocenters. The van der Waals surface area contributed by atoms with Crippen LogP contribution in [0.2, 0.25) is 0 Å². The van der Waals surface area contributed by atoms with E-state index in [-0.39, 0.29) is 11.5 Å². The molecule has 0 aliphatic rings. The zero-order valence-electron chi connectivity index (χ0n) is 12.9. The monoisotopic (exact) mass is 378 g/mol. The van der Waals surface area contributed by atoms with Crippen LogP contribution in [-0.2, 0) is 11.3 Å². The summed E-state index contributed by atoms with van der Waals surface area (Å²) >= 11 is 3.49. The first-order valence-corrected chi connectivity index (χ1v) is 8.13. The lowest BCUT2D eigenvalue weighted by molar-refractivity contribution is 0.0673. The normalized spacial score (nSPS) is 11.9. The molecule has 23 heavy (non-hydrogen) atoms. The van der Waals surface area contributed by atoms with Crippen LogP contribution in [0.25, 0.3) is 0 Å². The summed E-state index contributed by atoms with van der Waals surface area (Å²) in [4.78, 5) is 11.1. The molecule has 1 N–H and O–H groups in total. The molecule has 0 fully saturated rings. The number of hydrogen-bond acceptors (Lipinski definition) is 3. The van der Waals surface area contributed by atoms with Crippen molar-refractivity contribution in [3.05, 3.63) is 64.1 Å². The van der Waals surface area contributed by atoms with E-state index in [2.05, 4.69) is 15.9 Å². The van der Waals surface area contributed by atoms with Crippen LogP contribution in [-0.4, -0.2) is 24.3 Å². The van der Waals surface area contributed by atoms with Crippen LogP contribution in [0.5, 0.6) is 5.75 Å². The predicted molar refractivity (Wildman–Crippen MR) is 91.9 cm³/mol. The highest BCUT2D eigenvalue weighted by atomic mass is 79.9. The molecule has 2 rings (SSSR count). The zero-order valence-corrected chi connectivity index (χ0v) is 14.5. The first-order chi connectivity index (χ1) is 11.1. The van der Waals surface area contributed by atoms with Gasteiger partial charge < -0.3 is 14.6 Å². The van der Waals surface area contributed by atoms with Crippen molar-refractivity contribution in [2.75, 3.05) is 13.2 Å². The Morgan fingerprint density at radius 1 is 1.13 bits per heavy atom. The summed E-state index contributed by atoms with van der Waals surface area (Å²) in [6, 6.07) is 14.6. The van der Waals surface area contributed by atoms with E-state index in [4.69, 9.17) is 14.6 Å². The maximum atomic E-state index is 11.1. The second-order valence-corrected chi connectivity index (χ2v) is 6.18. The number of carbonyl (C=O) groups is 1. The van der Waals surface area contributed by atoms with Crippen LogP contribution < -0.4 is 4.74 Å². The molecule has 0 aliphatic heterocycles. The first-order valence-electron chi connectivity index (χ1n) is 7.34. The molecular formula is C18H19BrO4. The van der Waals surface area contributed by atoms with Gasteiger partial charge in [0.25, 0.3) is 0 Å². The number of carboxylic acids is 1. The minimum atomic E-state index is -0.988. The van der Waals surface area contributed by atoms with Gasteiger partial charge in [0.05, 0.1) is 19.8 Å². The molecule has 0 aliphatic carbocycles. The van der Waals surface area contributed by atoms with Gasteiger partial charge in [-0.2, -0.15) is 0 Å². The zero-order chi connectivity index (χ0) is 16.7. The van der Waals surface area contributed by atoms with Gasteiger partial charge in [-0.25, -0.2) is 4.79 Å². The molecular weight excluding hydrogens is 360 g/mol. The molecule has 0 amide bonds. The van der Waals surface area contributed by atoms with E-state index in [0.717, 1.165) is 10.0 Å². The van der Waals surface area contributed by atoms with Crippen molar-refractivity contribution in [2.45, 2.75) is 13.5 Å². The van der Waals surface area contributed by atoms with Gasteiger partial charge in [-0.15, -0.1) is 0 Å². The van der Waals surface area contributed by atoms with Gasteiger partial charge in [-0.05, 0) is 23.8 Å². The summed E-state index contributed by atoms with van der Waals surface area (Å²) in [6.45, 7) is 3.47. The van der Waals surface area contributed by atoms with Gasteiger partial charge >= 0.3 is 5.97 Å². The predicted octanol–water partition coefficient (Wildman–Crippen LogP) is 4.38. The lowest BCUT2D eigenvalue weighted by Crippen LogP contribution is -2.16. The van der Waals surface area contributed by atoms with Crippen LogP contribution in [0.4, 0.5) is 0 Å². The van der Waals surface area contributed by atoms with Crippen LogP contribution in [0.15, 0.2) is 53.0 Å². The summed E-state index contributed by atoms with van der Waals surface area (Å²) < 4.78 is 12.3. The van der Waals surface area contributed by atoms with Gasteiger partial charge in [0.15, 0.2) is 0 Å². The third kappa shape index (κ3) is 5.37. The van der Waals surface area contributed by atoms with Gasteiger partial charge in [0.2, 0.25) is 0 Å². The number of halogens is 1. The van der Waals surface area contributed by atoms with Crippen LogP contribution >= 0.6 is 15.9 Å². The smallest absolute Gasteiger partial charge is 0.339 e. The Morgan fingerprint density at radius 2 is 1.83 bits per heavy atom. The number of ether oxygens (including phenoxy) is 2. The minimum Gasteiger partial charge on any atom is -0.492 e. The third-order valence-corrected chi connectivity index (χ3v) is 4.03. The summed E-state index contributed by atoms with van der Waals surface area (Å²) in [7, 11) is 0. The highest BCUT2D eigenvalue weighted by molar-refractivity contribution is 9.10. The average molecular weight is 379 g/mol. The quantitative estimate of drug-likeness (QED) is 0.740. The average Bonchev–Trinajstić information content (AvgIpc) is 2.55. The Bertz CT molecular complexity index is 657. The second kappa shape index (κ2) is 8.70. The third-order valence-electron chi connectivity index (χ3n) is 3.26. The minimum absolute atomic E-state index is 0.152. The van der Waals surface area contributed by atoms with E-state index in [1.165, 1.54) is 6.07 Å². The van der Waals surface area contributed by atoms with Gasteiger partial charge in [-0.3, -0.25) is 0 Å². The molecule has 2 aromatic rings. The maximum Gasteiger partial charge on any atom is 0.339 e. The Kier molecular flexibility index (Phi) is 6.62. The topological polar surface area (TPSA) is 55.8 Å². The fourth-order valence-corrected chi connectivity index (χ4v) is 2.43. The van der Waals surface area contributed by atoms with Crippen molar-refractivity contribution in [3.8, 4) is 5.75 Å². The Balaban J connectivity index is 1.79. The molecule has 0 heterocycles. The molecule has 2 aromatic carbocycles. The number of rotatable bonds is 8. The highest BCUT2D eigenvalue weighted by Gasteiger charge is 2.12. The summed E-state index contributed by atoms with van der Waals surface area (Å²) in [6.07, 6.45) is 0. The molecule has 5 heteroatoms.